The third-order valence-electron chi connectivity index (χ3n) is 5.22. The Morgan fingerprint density at radius 2 is 2.05 bits per heavy atom. The Bertz CT molecular complexity index is 657. The lowest BCUT2D eigenvalue weighted by atomic mass is 9.95. The van der Waals surface area contributed by atoms with Crippen molar-refractivity contribution in [2.24, 2.45) is 5.92 Å². The number of fused-ring (bicyclic) bond motifs is 1. The van der Waals surface area contributed by atoms with E-state index in [4.69, 9.17) is 0 Å². The van der Waals surface area contributed by atoms with Crippen molar-refractivity contribution in [3.63, 3.8) is 0 Å². The standard InChI is InChI=1S/C17H21N3O/c21-17(13-7-3-8-15-14(13)11-18-19-15)20-10-4-9-16(20)12-5-1-2-6-12/h3,7-8,11-12,16H,1-2,4-6,9-10H2,(H,18,19)/t16-/m1/s1. The van der Waals surface area contributed by atoms with Gasteiger partial charge in [-0.3, -0.25) is 9.89 Å². The van der Waals surface area contributed by atoms with Crippen LogP contribution in [0, 0.1) is 5.92 Å². The summed E-state index contributed by atoms with van der Waals surface area (Å²) in [4.78, 5) is 15.1. The van der Waals surface area contributed by atoms with Crippen LogP contribution in [0.2, 0.25) is 0 Å². The molecule has 0 radical (unpaired) electrons. The van der Waals surface area contributed by atoms with E-state index in [0.29, 0.717) is 6.04 Å². The van der Waals surface area contributed by atoms with E-state index in [1.807, 2.05) is 18.2 Å². The molecular weight excluding hydrogens is 262 g/mol. The molecule has 1 saturated heterocycles. The van der Waals surface area contributed by atoms with Gasteiger partial charge in [-0.1, -0.05) is 18.9 Å². The van der Waals surface area contributed by atoms with Crippen molar-refractivity contribution in [1.82, 2.24) is 15.1 Å². The molecular formula is C17H21N3O. The van der Waals surface area contributed by atoms with Crippen molar-refractivity contribution in [1.29, 1.82) is 0 Å². The third-order valence-corrected chi connectivity index (χ3v) is 5.22. The topological polar surface area (TPSA) is 49.0 Å². The van der Waals surface area contributed by atoms with Gasteiger partial charge in [0.1, 0.15) is 0 Å². The number of hydrogen-bond donors (Lipinski definition) is 1. The minimum absolute atomic E-state index is 0.191. The van der Waals surface area contributed by atoms with Gasteiger partial charge in [-0.25, -0.2) is 0 Å². The second kappa shape index (κ2) is 5.17. The van der Waals surface area contributed by atoms with Crippen LogP contribution in [0.25, 0.3) is 10.9 Å². The van der Waals surface area contributed by atoms with E-state index >= 15 is 0 Å². The summed E-state index contributed by atoms with van der Waals surface area (Å²) in [6, 6.07) is 6.30. The summed E-state index contributed by atoms with van der Waals surface area (Å²) in [5, 5.41) is 7.97. The van der Waals surface area contributed by atoms with E-state index in [1.54, 1.807) is 6.20 Å². The molecule has 110 valence electrons. The van der Waals surface area contributed by atoms with Crippen molar-refractivity contribution in [2.75, 3.05) is 6.54 Å². The van der Waals surface area contributed by atoms with Gasteiger partial charge in [0, 0.05) is 18.0 Å². The van der Waals surface area contributed by atoms with Gasteiger partial charge in [-0.05, 0) is 43.7 Å². The summed E-state index contributed by atoms with van der Waals surface area (Å²) in [7, 11) is 0. The van der Waals surface area contributed by atoms with E-state index in [0.717, 1.165) is 35.3 Å². The van der Waals surface area contributed by atoms with E-state index < -0.39 is 0 Å². The van der Waals surface area contributed by atoms with E-state index in [2.05, 4.69) is 15.1 Å². The smallest absolute Gasteiger partial charge is 0.254 e. The molecule has 0 spiro atoms. The van der Waals surface area contributed by atoms with Crippen LogP contribution < -0.4 is 0 Å². The van der Waals surface area contributed by atoms with Gasteiger partial charge in [0.2, 0.25) is 0 Å². The normalized spacial score (nSPS) is 23.2. The van der Waals surface area contributed by atoms with E-state index in [1.165, 1.54) is 32.1 Å². The molecule has 1 aliphatic heterocycles. The molecule has 2 fully saturated rings. The first kappa shape index (κ1) is 12.9. The third kappa shape index (κ3) is 2.13. The molecule has 4 rings (SSSR count). The summed E-state index contributed by atoms with van der Waals surface area (Å²) in [5.74, 6) is 0.913. The monoisotopic (exact) mass is 283 g/mol. The maximum Gasteiger partial charge on any atom is 0.254 e. The first-order chi connectivity index (χ1) is 10.3. The van der Waals surface area contributed by atoms with Gasteiger partial charge in [0.05, 0.1) is 17.3 Å². The maximum absolute atomic E-state index is 13.0. The second-order valence-corrected chi connectivity index (χ2v) is 6.39. The first-order valence-electron chi connectivity index (χ1n) is 8.07. The molecule has 4 nitrogen and oxygen atoms in total. The quantitative estimate of drug-likeness (QED) is 0.918. The Kier molecular flexibility index (Phi) is 3.17. The van der Waals surface area contributed by atoms with Gasteiger partial charge < -0.3 is 4.90 Å². The van der Waals surface area contributed by atoms with Crippen LogP contribution in [0.15, 0.2) is 24.4 Å². The second-order valence-electron chi connectivity index (χ2n) is 6.39. The Hall–Kier alpha value is -1.84. The van der Waals surface area contributed by atoms with Crippen LogP contribution in [0.5, 0.6) is 0 Å². The number of nitrogens with zero attached hydrogens (tertiary/aromatic N) is 2. The Morgan fingerprint density at radius 3 is 2.90 bits per heavy atom. The van der Waals surface area contributed by atoms with Crippen molar-refractivity contribution < 1.29 is 4.79 Å². The highest BCUT2D eigenvalue weighted by Crippen LogP contribution is 2.36. The number of amides is 1. The number of rotatable bonds is 2. The number of likely N-dealkylation sites (tertiary alicyclic amines) is 1. The SMILES string of the molecule is O=C(c1cccc2[nH]ncc12)N1CCC[C@@H]1C1CCCC1. The van der Waals surface area contributed by atoms with Gasteiger partial charge in [0.25, 0.3) is 5.91 Å². The van der Waals surface area contributed by atoms with Crippen molar-refractivity contribution in [3.05, 3.63) is 30.0 Å². The van der Waals surface area contributed by atoms with Crippen LogP contribution in [-0.2, 0) is 0 Å². The number of carbonyl (C=O) groups is 1. The molecule has 0 unspecified atom stereocenters. The van der Waals surface area contributed by atoms with Gasteiger partial charge >= 0.3 is 0 Å². The first-order valence-corrected chi connectivity index (χ1v) is 8.07. The minimum Gasteiger partial charge on any atom is -0.335 e. The number of benzene rings is 1. The van der Waals surface area contributed by atoms with Crippen molar-refractivity contribution >= 4 is 16.8 Å². The van der Waals surface area contributed by atoms with Gasteiger partial charge in [-0.2, -0.15) is 5.10 Å². The summed E-state index contributed by atoms with van der Waals surface area (Å²) >= 11 is 0. The molecule has 1 atom stereocenters. The Morgan fingerprint density at radius 1 is 1.19 bits per heavy atom. The van der Waals surface area contributed by atoms with Crippen LogP contribution >= 0.6 is 0 Å². The fraction of sp³-hybridized carbons (Fsp3) is 0.529. The molecule has 1 amide bonds. The van der Waals surface area contributed by atoms with Gasteiger partial charge in [-0.15, -0.1) is 0 Å². The number of hydrogen-bond acceptors (Lipinski definition) is 2. The molecule has 2 heterocycles. The van der Waals surface area contributed by atoms with E-state index in [9.17, 15) is 4.79 Å². The molecule has 1 N–H and O–H groups in total. The predicted molar refractivity (Wildman–Crippen MR) is 82.1 cm³/mol. The zero-order chi connectivity index (χ0) is 14.2. The molecule has 21 heavy (non-hydrogen) atoms. The largest absolute Gasteiger partial charge is 0.335 e. The average molecular weight is 283 g/mol. The maximum atomic E-state index is 13.0. The lowest BCUT2D eigenvalue weighted by Crippen LogP contribution is -2.39. The lowest BCUT2D eigenvalue weighted by Gasteiger charge is -2.29. The lowest BCUT2D eigenvalue weighted by molar-refractivity contribution is 0.0691. The number of H-pyrrole nitrogens is 1. The predicted octanol–water partition coefficient (Wildman–Crippen LogP) is 3.36. The van der Waals surface area contributed by atoms with Crippen LogP contribution in [-0.4, -0.2) is 33.6 Å². The average Bonchev–Trinajstić information content (AvgIpc) is 3.23. The minimum atomic E-state index is 0.191. The van der Waals surface area contributed by atoms with Crippen molar-refractivity contribution in [3.8, 4) is 0 Å². The number of nitrogens with one attached hydrogen (secondary N) is 1. The van der Waals surface area contributed by atoms with Crippen LogP contribution in [0.4, 0.5) is 0 Å². The fourth-order valence-corrected chi connectivity index (χ4v) is 4.19. The number of aromatic nitrogens is 2. The Labute approximate surface area is 124 Å². The molecule has 1 saturated carbocycles. The summed E-state index contributed by atoms with van der Waals surface area (Å²) in [6.07, 6.45) is 9.35. The number of aromatic amines is 1. The Balaban J connectivity index is 1.65. The van der Waals surface area contributed by atoms with Crippen molar-refractivity contribution in [2.45, 2.75) is 44.6 Å². The highest BCUT2D eigenvalue weighted by Gasteiger charge is 2.36. The van der Waals surface area contributed by atoms with Gasteiger partial charge in [0.15, 0.2) is 0 Å². The molecule has 2 aromatic rings. The molecule has 1 aromatic carbocycles. The highest BCUT2D eigenvalue weighted by molar-refractivity contribution is 6.06. The molecule has 2 aliphatic rings. The molecule has 0 bridgehead atoms. The summed E-state index contributed by atoms with van der Waals surface area (Å²) in [5.41, 5.74) is 1.74. The summed E-state index contributed by atoms with van der Waals surface area (Å²) in [6.45, 7) is 0.911. The molecule has 1 aromatic heterocycles. The zero-order valence-electron chi connectivity index (χ0n) is 12.2. The zero-order valence-corrected chi connectivity index (χ0v) is 12.2. The summed E-state index contributed by atoms with van der Waals surface area (Å²) < 4.78 is 0. The van der Waals surface area contributed by atoms with Crippen LogP contribution in [0.1, 0.15) is 48.9 Å². The number of carbonyl (C=O) groups excluding carboxylic acids is 1. The molecule has 4 heteroatoms. The van der Waals surface area contributed by atoms with Crippen LogP contribution in [0.3, 0.4) is 0 Å². The highest BCUT2D eigenvalue weighted by atomic mass is 16.2. The molecule has 1 aliphatic carbocycles. The fourth-order valence-electron chi connectivity index (χ4n) is 4.19. The van der Waals surface area contributed by atoms with E-state index in [-0.39, 0.29) is 5.91 Å².